The molecule has 3 heteroatoms. The van der Waals surface area contributed by atoms with Crippen molar-refractivity contribution >= 4 is 17.3 Å². The predicted octanol–water partition coefficient (Wildman–Crippen LogP) is 4.05. The second kappa shape index (κ2) is 5.53. The van der Waals surface area contributed by atoms with Crippen molar-refractivity contribution < 1.29 is 4.39 Å². The van der Waals surface area contributed by atoms with E-state index in [1.54, 1.807) is 6.07 Å². The van der Waals surface area contributed by atoms with E-state index in [9.17, 15) is 4.39 Å². The van der Waals surface area contributed by atoms with Crippen LogP contribution in [0.4, 0.5) is 10.1 Å². The fraction of sp³-hybridized carbons (Fsp3) is 0.538. The summed E-state index contributed by atoms with van der Waals surface area (Å²) in [5.74, 6) is 0.631. The van der Waals surface area contributed by atoms with Crippen molar-refractivity contribution in [1.82, 2.24) is 0 Å². The molecule has 0 N–H and O–H groups in total. The van der Waals surface area contributed by atoms with Crippen molar-refractivity contribution in [1.29, 1.82) is 0 Å². The minimum atomic E-state index is -0.201. The highest BCUT2D eigenvalue weighted by Gasteiger charge is 2.16. The molecule has 0 aliphatic carbocycles. The van der Waals surface area contributed by atoms with E-state index in [0.29, 0.717) is 23.5 Å². The van der Waals surface area contributed by atoms with Gasteiger partial charge in [0.1, 0.15) is 5.82 Å². The van der Waals surface area contributed by atoms with Crippen molar-refractivity contribution in [3.8, 4) is 0 Å². The predicted molar refractivity (Wildman–Crippen MR) is 68.7 cm³/mol. The van der Waals surface area contributed by atoms with Gasteiger partial charge in [-0.25, -0.2) is 4.39 Å². The van der Waals surface area contributed by atoms with E-state index in [2.05, 4.69) is 20.8 Å². The molecule has 1 atom stereocenters. The van der Waals surface area contributed by atoms with Crippen LogP contribution < -0.4 is 4.90 Å². The van der Waals surface area contributed by atoms with E-state index >= 15 is 0 Å². The Morgan fingerprint density at radius 1 is 1.31 bits per heavy atom. The molecule has 1 nitrogen and oxygen atoms in total. The number of nitrogens with zero attached hydrogens (tertiary/aromatic N) is 1. The van der Waals surface area contributed by atoms with Gasteiger partial charge in [0.05, 0.1) is 5.69 Å². The van der Waals surface area contributed by atoms with E-state index in [-0.39, 0.29) is 5.82 Å². The highest BCUT2D eigenvalue weighted by molar-refractivity contribution is 6.17. The molecule has 1 rings (SSSR count). The van der Waals surface area contributed by atoms with Crippen LogP contribution in [0.25, 0.3) is 0 Å². The lowest BCUT2D eigenvalue weighted by molar-refractivity contribution is 0.497. The Kier molecular flexibility index (Phi) is 4.60. The summed E-state index contributed by atoms with van der Waals surface area (Å²) in [6.07, 6.45) is 0. The van der Waals surface area contributed by atoms with Crippen molar-refractivity contribution in [3.05, 3.63) is 29.6 Å². The van der Waals surface area contributed by atoms with Gasteiger partial charge in [0.25, 0.3) is 0 Å². The molecular formula is C13H19ClFN. The van der Waals surface area contributed by atoms with Crippen LogP contribution in [0.3, 0.4) is 0 Å². The van der Waals surface area contributed by atoms with Gasteiger partial charge in [-0.05, 0) is 30.5 Å². The largest absolute Gasteiger partial charge is 0.369 e. The third kappa shape index (κ3) is 2.88. The summed E-state index contributed by atoms with van der Waals surface area (Å²) in [6, 6.07) is 5.48. The van der Waals surface area contributed by atoms with Gasteiger partial charge in [-0.2, -0.15) is 0 Å². The third-order valence-corrected chi connectivity index (χ3v) is 3.43. The molecule has 0 aromatic heterocycles. The normalized spacial score (nSPS) is 12.9. The first-order chi connectivity index (χ1) is 7.47. The number of benzene rings is 1. The van der Waals surface area contributed by atoms with Crippen molar-refractivity contribution in [2.45, 2.75) is 32.7 Å². The first kappa shape index (κ1) is 13.3. The first-order valence-electron chi connectivity index (χ1n) is 5.54. The zero-order valence-electron chi connectivity index (χ0n) is 10.3. The number of hydrogen-bond acceptors (Lipinski definition) is 1. The average Bonchev–Trinajstić information content (AvgIpc) is 2.26. The second-order valence-corrected chi connectivity index (χ2v) is 4.78. The smallest absolute Gasteiger partial charge is 0.146 e. The van der Waals surface area contributed by atoms with Crippen LogP contribution in [-0.4, -0.2) is 13.1 Å². The molecule has 0 aliphatic heterocycles. The Morgan fingerprint density at radius 3 is 2.38 bits per heavy atom. The molecule has 0 bridgehead atoms. The molecular weight excluding hydrogens is 225 g/mol. The summed E-state index contributed by atoms with van der Waals surface area (Å²) in [7, 11) is 1.92. The Balaban J connectivity index is 2.96. The van der Waals surface area contributed by atoms with Crippen molar-refractivity contribution in [2.24, 2.45) is 5.92 Å². The molecule has 16 heavy (non-hydrogen) atoms. The summed E-state index contributed by atoms with van der Waals surface area (Å²) < 4.78 is 13.8. The van der Waals surface area contributed by atoms with Gasteiger partial charge in [0.15, 0.2) is 0 Å². The molecule has 0 radical (unpaired) electrons. The molecule has 1 aromatic rings. The van der Waals surface area contributed by atoms with Gasteiger partial charge in [-0.3, -0.25) is 0 Å². The summed E-state index contributed by atoms with van der Waals surface area (Å²) in [5.41, 5.74) is 1.45. The second-order valence-electron chi connectivity index (χ2n) is 4.51. The van der Waals surface area contributed by atoms with Crippen LogP contribution in [0.1, 0.15) is 26.3 Å². The Bertz CT molecular complexity index is 352. The van der Waals surface area contributed by atoms with Gasteiger partial charge in [-0.15, -0.1) is 11.6 Å². The Labute approximate surface area is 102 Å². The lowest BCUT2D eigenvalue weighted by atomic mass is 10.0. The molecule has 0 spiro atoms. The minimum Gasteiger partial charge on any atom is -0.369 e. The van der Waals surface area contributed by atoms with Crippen LogP contribution in [0, 0.1) is 11.7 Å². The SMILES string of the molecule is CC(C)C(C)N(C)c1ccc(CCl)cc1F. The molecule has 1 aromatic carbocycles. The summed E-state index contributed by atoms with van der Waals surface area (Å²) in [5, 5.41) is 0. The van der Waals surface area contributed by atoms with E-state index < -0.39 is 0 Å². The maximum absolute atomic E-state index is 13.8. The molecule has 1 unspecified atom stereocenters. The van der Waals surface area contributed by atoms with Crippen LogP contribution in [0.2, 0.25) is 0 Å². The van der Waals surface area contributed by atoms with E-state index in [1.807, 2.05) is 18.0 Å². The zero-order valence-corrected chi connectivity index (χ0v) is 11.1. The van der Waals surface area contributed by atoms with E-state index in [0.717, 1.165) is 5.56 Å². The lowest BCUT2D eigenvalue weighted by Gasteiger charge is -2.30. The molecule has 0 fully saturated rings. The van der Waals surface area contributed by atoms with Crippen LogP contribution >= 0.6 is 11.6 Å². The number of rotatable bonds is 4. The van der Waals surface area contributed by atoms with Gasteiger partial charge in [-0.1, -0.05) is 19.9 Å². The standard InChI is InChI=1S/C13H19ClFN/c1-9(2)10(3)16(4)13-6-5-11(8-14)7-12(13)15/h5-7,9-10H,8H2,1-4H3. The molecule has 90 valence electrons. The van der Waals surface area contributed by atoms with Crippen molar-refractivity contribution in [2.75, 3.05) is 11.9 Å². The Hall–Kier alpha value is -0.760. The topological polar surface area (TPSA) is 3.24 Å². The highest BCUT2D eigenvalue weighted by Crippen LogP contribution is 2.24. The minimum absolute atomic E-state index is 0.201. The van der Waals surface area contributed by atoms with E-state index in [4.69, 9.17) is 11.6 Å². The maximum atomic E-state index is 13.8. The Morgan fingerprint density at radius 2 is 1.94 bits per heavy atom. The lowest BCUT2D eigenvalue weighted by Crippen LogP contribution is -2.33. The maximum Gasteiger partial charge on any atom is 0.146 e. The number of anilines is 1. The van der Waals surface area contributed by atoms with E-state index in [1.165, 1.54) is 6.07 Å². The number of alkyl halides is 1. The van der Waals surface area contributed by atoms with Gasteiger partial charge < -0.3 is 4.90 Å². The number of halogens is 2. The average molecular weight is 244 g/mol. The molecule has 0 saturated heterocycles. The van der Waals surface area contributed by atoms with Gasteiger partial charge in [0, 0.05) is 19.0 Å². The summed E-state index contributed by atoms with van der Waals surface area (Å²) >= 11 is 5.66. The van der Waals surface area contributed by atoms with Crippen LogP contribution in [-0.2, 0) is 5.88 Å². The summed E-state index contributed by atoms with van der Waals surface area (Å²) in [4.78, 5) is 1.97. The quantitative estimate of drug-likeness (QED) is 0.722. The molecule has 0 heterocycles. The van der Waals surface area contributed by atoms with Crippen LogP contribution in [0.5, 0.6) is 0 Å². The molecule has 0 aliphatic rings. The highest BCUT2D eigenvalue weighted by atomic mass is 35.5. The van der Waals surface area contributed by atoms with Crippen LogP contribution in [0.15, 0.2) is 18.2 Å². The van der Waals surface area contributed by atoms with Gasteiger partial charge >= 0.3 is 0 Å². The molecule has 0 amide bonds. The first-order valence-corrected chi connectivity index (χ1v) is 6.08. The van der Waals surface area contributed by atoms with Crippen molar-refractivity contribution in [3.63, 3.8) is 0 Å². The zero-order chi connectivity index (χ0) is 12.3. The fourth-order valence-corrected chi connectivity index (χ4v) is 1.75. The number of hydrogen-bond donors (Lipinski definition) is 0. The fourth-order valence-electron chi connectivity index (χ4n) is 1.59. The third-order valence-electron chi connectivity index (χ3n) is 3.12. The van der Waals surface area contributed by atoms with Gasteiger partial charge in [0.2, 0.25) is 0 Å². The summed E-state index contributed by atoms with van der Waals surface area (Å²) in [6.45, 7) is 6.36. The molecule has 0 saturated carbocycles. The monoisotopic (exact) mass is 243 g/mol.